The van der Waals surface area contributed by atoms with Crippen molar-refractivity contribution in [1.29, 1.82) is 0 Å². The zero-order valence-electron chi connectivity index (χ0n) is 14.1. The summed E-state index contributed by atoms with van der Waals surface area (Å²) in [5, 5.41) is 11.0. The molecule has 4 rings (SSSR count). The Morgan fingerprint density at radius 2 is 1.68 bits per heavy atom. The number of benzene rings is 2. The normalized spacial score (nSPS) is 27.4. The molecule has 0 saturated heterocycles. The van der Waals surface area contributed by atoms with Crippen molar-refractivity contribution in [3.05, 3.63) is 69.5 Å². The molecule has 2 fully saturated rings. The summed E-state index contributed by atoms with van der Waals surface area (Å²) in [4.78, 5) is 10.6. The van der Waals surface area contributed by atoms with Crippen LogP contribution in [0.2, 0.25) is 0 Å². The number of hydrogen-bond acceptors (Lipinski definition) is 3. The zero-order chi connectivity index (χ0) is 17.6. The maximum atomic E-state index is 15.0. The topological polar surface area (TPSA) is 52.4 Å². The molecule has 2 aromatic carbocycles. The first-order chi connectivity index (χ1) is 12.1. The Morgan fingerprint density at radius 3 is 2.16 bits per heavy atom. The maximum absolute atomic E-state index is 15.0. The average Bonchev–Trinajstić information content (AvgIpc) is 3.17. The van der Waals surface area contributed by atoms with Gasteiger partial charge in [0.05, 0.1) is 12.0 Å². The van der Waals surface area contributed by atoms with Crippen LogP contribution >= 0.6 is 0 Å². The highest BCUT2D eigenvalue weighted by molar-refractivity contribution is 5.49. The minimum atomic E-state index is -0.395. The van der Waals surface area contributed by atoms with Gasteiger partial charge in [-0.2, -0.15) is 0 Å². The Bertz CT molecular complexity index is 798. The highest BCUT2D eigenvalue weighted by Crippen LogP contribution is 2.62. The molecular weight excluding hydrogens is 321 g/mol. The molecule has 0 unspecified atom stereocenters. The lowest BCUT2D eigenvalue weighted by atomic mass is 9.66. The van der Waals surface area contributed by atoms with Gasteiger partial charge in [-0.1, -0.05) is 18.2 Å². The first-order valence-corrected chi connectivity index (χ1v) is 8.66. The summed E-state index contributed by atoms with van der Waals surface area (Å²) < 4.78 is 20.2. The van der Waals surface area contributed by atoms with Crippen LogP contribution in [0.4, 0.5) is 10.1 Å². The summed E-state index contributed by atoms with van der Waals surface area (Å²) in [6.07, 6.45) is 4.31. The molecular formula is C20H20FNO3. The van der Waals surface area contributed by atoms with Crippen LogP contribution in [0.1, 0.15) is 36.8 Å². The summed E-state index contributed by atoms with van der Waals surface area (Å²) in [5.74, 6) is 1.01. The van der Waals surface area contributed by atoms with E-state index >= 15 is 4.39 Å². The van der Waals surface area contributed by atoms with Crippen LogP contribution in [0.5, 0.6) is 5.75 Å². The van der Waals surface area contributed by atoms with Crippen LogP contribution in [-0.2, 0) is 5.41 Å². The second kappa shape index (κ2) is 5.83. The van der Waals surface area contributed by atoms with Crippen molar-refractivity contribution in [3.8, 4) is 5.75 Å². The molecule has 0 N–H and O–H groups in total. The minimum absolute atomic E-state index is 0.0689. The lowest BCUT2D eigenvalue weighted by Crippen LogP contribution is -2.34. The molecule has 4 nitrogen and oxygen atoms in total. The van der Waals surface area contributed by atoms with Gasteiger partial charge in [0.15, 0.2) is 0 Å². The van der Waals surface area contributed by atoms with Crippen molar-refractivity contribution in [2.45, 2.75) is 31.1 Å². The second-order valence-electron chi connectivity index (χ2n) is 7.07. The average molecular weight is 341 g/mol. The first-order valence-electron chi connectivity index (χ1n) is 8.66. The SMILES string of the molecule is COc1ccc(C2(c3ccc([N+](=O)[O-])cc3)C3CCC2CC3)c(F)c1. The predicted octanol–water partition coefficient (Wildman–Crippen LogP) is 4.85. The van der Waals surface area contributed by atoms with Crippen LogP contribution in [0, 0.1) is 27.8 Å². The third-order valence-corrected chi connectivity index (χ3v) is 6.19. The Balaban J connectivity index is 1.89. The van der Waals surface area contributed by atoms with Crippen molar-refractivity contribution in [2.75, 3.05) is 7.11 Å². The van der Waals surface area contributed by atoms with E-state index in [4.69, 9.17) is 4.74 Å². The zero-order valence-corrected chi connectivity index (χ0v) is 14.1. The monoisotopic (exact) mass is 341 g/mol. The maximum Gasteiger partial charge on any atom is 0.269 e. The number of rotatable bonds is 4. The minimum Gasteiger partial charge on any atom is -0.497 e. The third-order valence-electron chi connectivity index (χ3n) is 6.19. The summed E-state index contributed by atoms with van der Waals surface area (Å²) in [6, 6.07) is 11.8. The lowest BCUT2D eigenvalue weighted by Gasteiger charge is -2.36. The molecule has 2 aromatic rings. The number of halogens is 1. The highest BCUT2D eigenvalue weighted by Gasteiger charge is 2.57. The van der Waals surface area contributed by atoms with Gasteiger partial charge in [-0.05, 0) is 54.7 Å². The van der Waals surface area contributed by atoms with Gasteiger partial charge in [0, 0.05) is 23.6 Å². The Hall–Kier alpha value is -2.43. The smallest absolute Gasteiger partial charge is 0.269 e. The molecule has 2 saturated carbocycles. The van der Waals surface area contributed by atoms with E-state index in [1.165, 1.54) is 25.3 Å². The molecule has 0 heterocycles. The number of nitro groups is 1. The second-order valence-corrected chi connectivity index (χ2v) is 7.07. The first kappa shape index (κ1) is 16.1. The van der Waals surface area contributed by atoms with E-state index < -0.39 is 4.92 Å². The molecule has 0 spiro atoms. The van der Waals surface area contributed by atoms with E-state index in [2.05, 4.69) is 0 Å². The molecule has 5 heteroatoms. The van der Waals surface area contributed by atoms with E-state index in [1.807, 2.05) is 24.3 Å². The van der Waals surface area contributed by atoms with Crippen LogP contribution in [0.15, 0.2) is 42.5 Å². The van der Waals surface area contributed by atoms with Crippen molar-refractivity contribution in [1.82, 2.24) is 0 Å². The summed E-state index contributed by atoms with van der Waals surface area (Å²) >= 11 is 0. The standard InChI is InChI=1S/C20H20FNO3/c1-25-17-10-11-18(19(21)12-17)20(13-2-3-14(20)5-4-13)15-6-8-16(9-7-15)22(23)24/h6-14H,2-5H2,1H3. The van der Waals surface area contributed by atoms with E-state index in [0.717, 1.165) is 31.2 Å². The Kier molecular flexibility index (Phi) is 3.74. The number of hydrogen-bond donors (Lipinski definition) is 0. The molecule has 0 amide bonds. The van der Waals surface area contributed by atoms with Crippen LogP contribution in [-0.4, -0.2) is 12.0 Å². The molecule has 0 aliphatic heterocycles. The molecule has 2 aliphatic rings. The summed E-state index contributed by atoms with van der Waals surface area (Å²) in [5.41, 5.74) is 1.38. The fourth-order valence-electron chi connectivity index (χ4n) is 5.22. The Labute approximate surface area is 145 Å². The van der Waals surface area contributed by atoms with E-state index in [9.17, 15) is 10.1 Å². The van der Waals surface area contributed by atoms with Gasteiger partial charge >= 0.3 is 0 Å². The number of non-ortho nitro benzene ring substituents is 1. The number of nitro benzene ring substituents is 1. The molecule has 130 valence electrons. The molecule has 0 aromatic heterocycles. The molecule has 0 atom stereocenters. The van der Waals surface area contributed by atoms with Gasteiger partial charge in [0.25, 0.3) is 5.69 Å². The van der Waals surface area contributed by atoms with Crippen molar-refractivity contribution >= 4 is 5.69 Å². The molecule has 2 bridgehead atoms. The molecule has 0 radical (unpaired) electrons. The largest absolute Gasteiger partial charge is 0.497 e. The summed E-state index contributed by atoms with van der Waals surface area (Å²) in [7, 11) is 1.53. The fraction of sp³-hybridized carbons (Fsp3) is 0.400. The number of ether oxygens (including phenoxy) is 1. The van der Waals surface area contributed by atoms with Crippen molar-refractivity contribution < 1.29 is 14.1 Å². The Morgan fingerprint density at radius 1 is 1.08 bits per heavy atom. The van der Waals surface area contributed by atoms with Crippen LogP contribution < -0.4 is 4.74 Å². The van der Waals surface area contributed by atoms with E-state index in [1.54, 1.807) is 0 Å². The molecule has 2 aliphatic carbocycles. The van der Waals surface area contributed by atoms with E-state index in [0.29, 0.717) is 23.1 Å². The summed E-state index contributed by atoms with van der Waals surface area (Å²) in [6.45, 7) is 0. The number of methoxy groups -OCH3 is 1. The predicted molar refractivity (Wildman–Crippen MR) is 92.3 cm³/mol. The number of nitrogens with zero attached hydrogens (tertiary/aromatic N) is 1. The highest BCUT2D eigenvalue weighted by atomic mass is 19.1. The van der Waals surface area contributed by atoms with Gasteiger partial charge in [-0.15, -0.1) is 0 Å². The van der Waals surface area contributed by atoms with E-state index in [-0.39, 0.29) is 16.9 Å². The van der Waals surface area contributed by atoms with Crippen molar-refractivity contribution in [3.63, 3.8) is 0 Å². The van der Waals surface area contributed by atoms with Crippen molar-refractivity contribution in [2.24, 2.45) is 11.8 Å². The van der Waals surface area contributed by atoms with Gasteiger partial charge in [0.2, 0.25) is 0 Å². The van der Waals surface area contributed by atoms with Gasteiger partial charge in [-0.25, -0.2) is 4.39 Å². The molecule has 25 heavy (non-hydrogen) atoms. The van der Waals surface area contributed by atoms with Gasteiger partial charge < -0.3 is 4.74 Å². The van der Waals surface area contributed by atoms with Gasteiger partial charge in [0.1, 0.15) is 11.6 Å². The van der Waals surface area contributed by atoms with Crippen LogP contribution in [0.3, 0.4) is 0 Å². The number of fused-ring (bicyclic) bond motifs is 2. The third kappa shape index (κ3) is 2.25. The van der Waals surface area contributed by atoms with Crippen LogP contribution in [0.25, 0.3) is 0 Å². The lowest BCUT2D eigenvalue weighted by molar-refractivity contribution is -0.384. The fourth-order valence-corrected chi connectivity index (χ4v) is 5.22. The van der Waals surface area contributed by atoms with Gasteiger partial charge in [-0.3, -0.25) is 10.1 Å². The quantitative estimate of drug-likeness (QED) is 0.590.